The molecule has 1 aromatic heterocycles. The number of rotatable bonds is 24. The van der Waals surface area contributed by atoms with Gasteiger partial charge in [-0.05, 0) is 36.7 Å². The van der Waals surface area contributed by atoms with Gasteiger partial charge in [-0.25, -0.2) is 9.79 Å². The van der Waals surface area contributed by atoms with Crippen molar-refractivity contribution in [2.24, 2.45) is 22.7 Å². The molecule has 8 atom stereocenters. The first-order chi connectivity index (χ1) is 34.3. The third-order valence-electron chi connectivity index (χ3n) is 14.2. The largest absolute Gasteiger partial charge is 0.480 e. The quantitative estimate of drug-likeness (QED) is 0.0874. The van der Waals surface area contributed by atoms with Crippen molar-refractivity contribution in [3.63, 3.8) is 0 Å². The van der Waals surface area contributed by atoms with Gasteiger partial charge in [0.2, 0.25) is 23.6 Å². The monoisotopic (exact) mass is 1000 g/mol. The van der Waals surface area contributed by atoms with Crippen LogP contribution in [-0.4, -0.2) is 201 Å². The maximum absolute atomic E-state index is 14.8. The Morgan fingerprint density at radius 1 is 0.903 bits per heavy atom. The number of ether oxygens (including phenoxy) is 2. The second-order valence-corrected chi connectivity index (χ2v) is 19.7. The predicted octanol–water partition coefficient (Wildman–Crippen LogP) is 2.30. The van der Waals surface area contributed by atoms with Gasteiger partial charge in [-0.3, -0.25) is 38.3 Å². The van der Waals surface area contributed by atoms with E-state index in [0.29, 0.717) is 83.0 Å². The van der Waals surface area contributed by atoms with Crippen molar-refractivity contribution < 1.29 is 48.1 Å². The van der Waals surface area contributed by atoms with Crippen LogP contribution in [0, 0.1) is 17.8 Å². The average molecular weight is 1000 g/mol. The number of carbonyl (C=O) groups is 7. The molecule has 0 bridgehead atoms. The lowest BCUT2D eigenvalue weighted by molar-refractivity contribution is -0.147. The fraction of sp³-hybridized carbons (Fsp3) is 0.647. The molecule has 3 aliphatic heterocycles. The van der Waals surface area contributed by atoms with Crippen molar-refractivity contribution in [2.75, 3.05) is 68.1 Å². The van der Waals surface area contributed by atoms with E-state index in [0.717, 1.165) is 10.5 Å². The average Bonchev–Trinajstić information content (AvgIpc) is 4.11. The Kier molecular flexibility index (Phi) is 20.8. The van der Waals surface area contributed by atoms with Gasteiger partial charge in [0.15, 0.2) is 5.96 Å². The smallest absolute Gasteiger partial charge is 0.326 e. The normalized spacial score (nSPS) is 19.3. The van der Waals surface area contributed by atoms with Gasteiger partial charge in [0.05, 0.1) is 49.4 Å². The van der Waals surface area contributed by atoms with Crippen LogP contribution >= 0.6 is 0 Å². The number of nitrogens with zero attached hydrogens (tertiary/aromatic N) is 10. The number of piperazine rings is 1. The molecule has 0 aliphatic carbocycles. The van der Waals surface area contributed by atoms with Crippen molar-refractivity contribution >= 4 is 47.4 Å². The maximum atomic E-state index is 14.8. The van der Waals surface area contributed by atoms with Crippen LogP contribution in [0.15, 0.2) is 53.7 Å². The van der Waals surface area contributed by atoms with Crippen LogP contribution in [0.3, 0.4) is 0 Å². The standard InChI is InChI=1S/C51H77N11O10/c1-11-34(4)46(40(71-9)30-44(66)61-24-15-19-39(61)47(72-10)35(5)48(67)52-38(50(69)70)29-36-17-13-12-14-18-36)57(8)49(68)45(33(2)3)53-51(56(6)7)59-27-25-58(26-28-59)41(63)20-16-23-60-31-37(54-55-60)32-62-42(64)21-22-43(62)65/h12-14,17-18,21-22,31,33-35,38-40,45-47H,11,15-16,19-20,23-30,32H2,1-10H3,(H,52,67)(H,69,70)/b53-51+/t34-,35+,38-,39-,40+,45-,46-,47+/m0/s1. The minimum Gasteiger partial charge on any atom is -0.480 e. The molecule has 2 saturated heterocycles. The molecule has 3 aliphatic rings. The maximum Gasteiger partial charge on any atom is 0.326 e. The van der Waals surface area contributed by atoms with Gasteiger partial charge in [0.1, 0.15) is 17.8 Å². The van der Waals surface area contributed by atoms with E-state index in [1.54, 1.807) is 41.8 Å². The van der Waals surface area contributed by atoms with Crippen LogP contribution in [0.25, 0.3) is 0 Å². The fourth-order valence-corrected chi connectivity index (χ4v) is 9.94. The number of methoxy groups -OCH3 is 2. The number of guanidine groups is 1. The van der Waals surface area contributed by atoms with Crippen LogP contribution < -0.4 is 5.32 Å². The van der Waals surface area contributed by atoms with Crippen LogP contribution in [0.4, 0.5) is 0 Å². The molecule has 5 rings (SSSR count). The van der Waals surface area contributed by atoms with Crippen LogP contribution in [0.5, 0.6) is 0 Å². The highest BCUT2D eigenvalue weighted by atomic mass is 16.5. The SMILES string of the molecule is CC[C@H](C)[C@@H]([C@@H](CC(=O)N1CCC[C@H]1[C@H](OC)[C@@H](C)C(=O)N[C@@H](Cc1ccccc1)C(=O)O)OC)N(C)C(=O)[C@@H](/N=C(\N(C)C)N1CCN(C(=O)CCCn2cc(CN3C(=O)C=CC3=O)nn2)CC1)C(C)C. The molecular formula is C51H77N11O10. The molecule has 6 amide bonds. The zero-order valence-corrected chi connectivity index (χ0v) is 43.8. The van der Waals surface area contributed by atoms with Crippen molar-refractivity contribution in [3.8, 4) is 0 Å². The molecule has 0 unspecified atom stereocenters. The van der Waals surface area contributed by atoms with E-state index >= 15 is 0 Å². The minimum atomic E-state index is -1.15. The van der Waals surface area contributed by atoms with Gasteiger partial charge in [-0.1, -0.05) is 76.6 Å². The zero-order valence-electron chi connectivity index (χ0n) is 43.8. The Balaban J connectivity index is 1.20. The summed E-state index contributed by atoms with van der Waals surface area (Å²) in [6, 6.07) is 6.22. The summed E-state index contributed by atoms with van der Waals surface area (Å²) >= 11 is 0. The predicted molar refractivity (Wildman–Crippen MR) is 268 cm³/mol. The molecular weight excluding hydrogens is 927 g/mol. The number of carboxylic acids is 1. The number of benzene rings is 1. The number of aromatic nitrogens is 3. The van der Waals surface area contributed by atoms with Gasteiger partial charge in [0.25, 0.3) is 11.8 Å². The summed E-state index contributed by atoms with van der Waals surface area (Å²) in [5, 5.41) is 20.8. The summed E-state index contributed by atoms with van der Waals surface area (Å²) < 4.78 is 13.6. The molecule has 4 heterocycles. The van der Waals surface area contributed by atoms with E-state index in [1.807, 2.05) is 81.9 Å². The summed E-state index contributed by atoms with van der Waals surface area (Å²) in [4.78, 5) is 108. The second kappa shape index (κ2) is 26.5. The first-order valence-corrected chi connectivity index (χ1v) is 25.2. The summed E-state index contributed by atoms with van der Waals surface area (Å²) in [7, 11) is 8.57. The van der Waals surface area contributed by atoms with E-state index in [4.69, 9.17) is 14.5 Å². The van der Waals surface area contributed by atoms with Gasteiger partial charge < -0.3 is 44.4 Å². The number of aryl methyl sites for hydroxylation is 1. The summed E-state index contributed by atoms with van der Waals surface area (Å²) in [6.45, 7) is 12.6. The molecule has 21 heteroatoms. The number of amides is 6. The lowest BCUT2D eigenvalue weighted by Gasteiger charge is -2.41. The highest BCUT2D eigenvalue weighted by Crippen LogP contribution is 2.30. The van der Waals surface area contributed by atoms with Crippen LogP contribution in [-0.2, 0) is 62.5 Å². The molecule has 2 fully saturated rings. The Hall–Kier alpha value is -6.22. The third kappa shape index (κ3) is 14.5. The van der Waals surface area contributed by atoms with E-state index in [1.165, 1.54) is 19.3 Å². The molecule has 2 aromatic rings. The zero-order chi connectivity index (χ0) is 52.8. The van der Waals surface area contributed by atoms with Gasteiger partial charge in [-0.2, -0.15) is 0 Å². The van der Waals surface area contributed by atoms with Gasteiger partial charge >= 0.3 is 5.97 Å². The first kappa shape index (κ1) is 56.7. The number of hydrogen-bond donors (Lipinski definition) is 2. The van der Waals surface area contributed by atoms with E-state index in [-0.39, 0.29) is 48.9 Å². The van der Waals surface area contributed by atoms with Crippen molar-refractivity contribution in [1.29, 1.82) is 0 Å². The van der Waals surface area contributed by atoms with Gasteiger partial charge in [-0.15, -0.1) is 5.10 Å². The Labute approximate surface area is 423 Å². The molecule has 2 N–H and O–H groups in total. The molecule has 72 heavy (non-hydrogen) atoms. The van der Waals surface area contributed by atoms with Crippen molar-refractivity contribution in [2.45, 2.75) is 129 Å². The lowest BCUT2D eigenvalue weighted by atomic mass is 9.89. The molecule has 21 nitrogen and oxygen atoms in total. The van der Waals surface area contributed by atoms with Crippen LogP contribution in [0.2, 0.25) is 0 Å². The molecule has 0 saturated carbocycles. The number of aliphatic carboxylic acids is 1. The minimum absolute atomic E-state index is 0.0124. The lowest BCUT2D eigenvalue weighted by Crippen LogP contribution is -2.56. The number of imide groups is 1. The topological polar surface area (TPSA) is 233 Å². The van der Waals surface area contributed by atoms with Crippen molar-refractivity contribution in [3.05, 3.63) is 59.9 Å². The highest BCUT2D eigenvalue weighted by Gasteiger charge is 2.43. The second-order valence-electron chi connectivity index (χ2n) is 19.7. The molecule has 396 valence electrons. The number of nitrogens with one attached hydrogen (secondary N) is 1. The Bertz CT molecular complexity index is 2230. The number of likely N-dealkylation sites (tertiary alicyclic amines) is 1. The molecule has 1 aromatic carbocycles. The van der Waals surface area contributed by atoms with E-state index in [2.05, 4.69) is 20.5 Å². The summed E-state index contributed by atoms with van der Waals surface area (Å²) in [5.74, 6) is -3.22. The molecule has 0 radical (unpaired) electrons. The van der Waals surface area contributed by atoms with E-state index < -0.39 is 66.0 Å². The number of likely N-dealkylation sites (N-methyl/N-ethyl adjacent to an activating group) is 1. The Morgan fingerprint density at radius 2 is 1.56 bits per heavy atom. The fourth-order valence-electron chi connectivity index (χ4n) is 9.94. The summed E-state index contributed by atoms with van der Waals surface area (Å²) in [6.07, 6.45) is 5.63. The number of hydrogen-bond acceptors (Lipinski definition) is 12. The highest BCUT2D eigenvalue weighted by molar-refractivity contribution is 6.12. The Morgan fingerprint density at radius 3 is 2.14 bits per heavy atom. The van der Waals surface area contributed by atoms with Crippen molar-refractivity contribution in [1.82, 2.24) is 49.7 Å². The van der Waals surface area contributed by atoms with E-state index in [9.17, 15) is 38.7 Å². The number of aliphatic imine (C=N–C) groups is 1. The van der Waals surface area contributed by atoms with Crippen LogP contribution in [0.1, 0.15) is 84.4 Å². The number of carbonyl (C=O) groups excluding carboxylic acids is 6. The van der Waals surface area contributed by atoms with Gasteiger partial charge in [0, 0.05) is 99.6 Å². The number of carboxylic acid groups (broad SMARTS) is 1. The summed E-state index contributed by atoms with van der Waals surface area (Å²) in [5.41, 5.74) is 1.25. The molecule has 0 spiro atoms. The first-order valence-electron chi connectivity index (χ1n) is 25.2. The third-order valence-corrected chi connectivity index (χ3v) is 14.2.